The second-order valence-electron chi connectivity index (χ2n) is 7.91. The van der Waals surface area contributed by atoms with Gasteiger partial charge in [0.1, 0.15) is 17.1 Å². The highest BCUT2D eigenvalue weighted by Gasteiger charge is 2.56. The van der Waals surface area contributed by atoms with Gasteiger partial charge in [0.2, 0.25) is 5.91 Å². The number of nitrogens with one attached hydrogen (secondary N) is 2. The summed E-state index contributed by atoms with van der Waals surface area (Å²) in [6.45, 7) is 1.44. The van der Waals surface area contributed by atoms with Crippen LogP contribution in [-0.4, -0.2) is 39.8 Å². The Morgan fingerprint density at radius 3 is 2.63 bits per heavy atom. The predicted molar refractivity (Wildman–Crippen MR) is 115 cm³/mol. The van der Waals surface area contributed by atoms with Crippen LogP contribution in [0, 0.1) is 5.92 Å². The molecule has 0 spiro atoms. The van der Waals surface area contributed by atoms with Gasteiger partial charge in [-0.05, 0) is 62.1 Å². The van der Waals surface area contributed by atoms with Crippen molar-refractivity contribution in [1.82, 2.24) is 15.2 Å². The van der Waals surface area contributed by atoms with Crippen LogP contribution in [0.2, 0.25) is 0 Å². The van der Waals surface area contributed by atoms with E-state index in [9.17, 15) is 14.4 Å². The summed E-state index contributed by atoms with van der Waals surface area (Å²) < 4.78 is 1.12. The predicted octanol–water partition coefficient (Wildman–Crippen LogP) is 3.62. The normalized spacial score (nSPS) is 21.2. The molecule has 8 heteroatoms. The molecule has 1 unspecified atom stereocenters. The number of urea groups is 1. The van der Waals surface area contributed by atoms with Crippen LogP contribution >= 0.6 is 11.3 Å². The van der Waals surface area contributed by atoms with E-state index in [1.165, 1.54) is 0 Å². The van der Waals surface area contributed by atoms with Crippen LogP contribution in [0.5, 0.6) is 0 Å². The largest absolute Gasteiger partial charge is 0.325 e. The molecule has 2 N–H and O–H groups in total. The molecule has 2 aliphatic rings. The van der Waals surface area contributed by atoms with Crippen LogP contribution in [-0.2, 0) is 9.59 Å². The van der Waals surface area contributed by atoms with Gasteiger partial charge in [-0.1, -0.05) is 12.1 Å². The maximum atomic E-state index is 12.6. The molecule has 2 heterocycles. The molecule has 152 valence electrons. The summed E-state index contributed by atoms with van der Waals surface area (Å²) in [5.41, 5.74) is 1.64. The fourth-order valence-electron chi connectivity index (χ4n) is 3.83. The highest BCUT2D eigenvalue weighted by Crippen LogP contribution is 2.42. The molecule has 1 aliphatic carbocycles. The maximum absolute atomic E-state index is 12.6. The zero-order chi connectivity index (χ0) is 20.9. The lowest BCUT2D eigenvalue weighted by molar-refractivity contribution is -0.134. The van der Waals surface area contributed by atoms with E-state index in [-0.39, 0.29) is 18.4 Å². The van der Waals surface area contributed by atoms with Crippen molar-refractivity contribution < 1.29 is 14.4 Å². The van der Waals surface area contributed by atoms with Crippen molar-refractivity contribution in [1.29, 1.82) is 0 Å². The molecular formula is C22H20N4O3S. The maximum Gasteiger partial charge on any atom is 0.325 e. The number of nitrogens with zero attached hydrogens (tertiary/aromatic N) is 2. The highest BCUT2D eigenvalue weighted by molar-refractivity contribution is 7.21. The number of carbonyl (C=O) groups is 3. The molecule has 0 radical (unpaired) electrons. The first kappa shape index (κ1) is 18.7. The average Bonchev–Trinajstić information content (AvgIpc) is 3.47. The molecular weight excluding hydrogens is 400 g/mol. The second kappa shape index (κ2) is 6.91. The summed E-state index contributed by atoms with van der Waals surface area (Å²) in [6, 6.07) is 14.8. The number of fused-ring (bicyclic) bond motifs is 1. The Labute approximate surface area is 177 Å². The van der Waals surface area contributed by atoms with Gasteiger partial charge in [0.15, 0.2) is 0 Å². The molecule has 30 heavy (non-hydrogen) atoms. The monoisotopic (exact) mass is 420 g/mol. The van der Waals surface area contributed by atoms with E-state index in [2.05, 4.69) is 15.6 Å². The van der Waals surface area contributed by atoms with E-state index in [1.54, 1.807) is 30.4 Å². The van der Waals surface area contributed by atoms with Crippen molar-refractivity contribution in [2.45, 2.75) is 25.3 Å². The molecule has 4 amide bonds. The molecule has 7 nitrogen and oxygen atoms in total. The first-order valence-corrected chi connectivity index (χ1v) is 10.7. The molecule has 2 aromatic carbocycles. The molecule has 1 atom stereocenters. The third-order valence-corrected chi connectivity index (χ3v) is 6.79. The number of rotatable bonds is 5. The molecule has 2 fully saturated rings. The quantitative estimate of drug-likeness (QED) is 0.617. The summed E-state index contributed by atoms with van der Waals surface area (Å²) >= 11 is 1.61. The minimum Gasteiger partial charge on any atom is -0.325 e. The molecule has 1 aliphatic heterocycles. The first-order valence-electron chi connectivity index (χ1n) is 9.84. The summed E-state index contributed by atoms with van der Waals surface area (Å²) in [5.74, 6) is -0.570. The van der Waals surface area contributed by atoms with Crippen molar-refractivity contribution in [2.24, 2.45) is 5.92 Å². The lowest BCUT2D eigenvalue weighted by Gasteiger charge is -2.20. The van der Waals surface area contributed by atoms with Gasteiger partial charge in [0.25, 0.3) is 5.91 Å². The Morgan fingerprint density at radius 1 is 1.20 bits per heavy atom. The highest BCUT2D eigenvalue weighted by atomic mass is 32.1. The van der Waals surface area contributed by atoms with Gasteiger partial charge in [0.05, 0.1) is 10.2 Å². The molecule has 5 rings (SSSR count). The minimum atomic E-state index is -0.879. The Bertz CT molecular complexity index is 1140. The van der Waals surface area contributed by atoms with E-state index in [0.29, 0.717) is 5.69 Å². The van der Waals surface area contributed by atoms with Crippen LogP contribution in [0.25, 0.3) is 20.8 Å². The van der Waals surface area contributed by atoms with E-state index < -0.39 is 17.5 Å². The van der Waals surface area contributed by atoms with Crippen LogP contribution in [0.15, 0.2) is 48.5 Å². The third kappa shape index (κ3) is 3.23. The number of amides is 4. The van der Waals surface area contributed by atoms with Crippen molar-refractivity contribution in [3.63, 3.8) is 0 Å². The Balaban J connectivity index is 1.25. The van der Waals surface area contributed by atoms with Gasteiger partial charge in [-0.2, -0.15) is 0 Å². The van der Waals surface area contributed by atoms with Gasteiger partial charge in [0, 0.05) is 11.3 Å². The number of aromatic nitrogens is 1. The molecule has 1 saturated carbocycles. The lowest BCUT2D eigenvalue weighted by atomic mass is 9.96. The fourth-order valence-corrected chi connectivity index (χ4v) is 4.80. The van der Waals surface area contributed by atoms with Crippen LogP contribution in [0.1, 0.15) is 19.8 Å². The van der Waals surface area contributed by atoms with Gasteiger partial charge >= 0.3 is 6.03 Å². The van der Waals surface area contributed by atoms with Gasteiger partial charge in [-0.25, -0.2) is 9.78 Å². The average molecular weight is 420 g/mol. The van der Waals surface area contributed by atoms with Gasteiger partial charge < -0.3 is 10.6 Å². The Kier molecular flexibility index (Phi) is 4.32. The zero-order valence-corrected chi connectivity index (χ0v) is 17.2. The van der Waals surface area contributed by atoms with Gasteiger partial charge in [-0.3, -0.25) is 14.5 Å². The number of hydrogen-bond acceptors (Lipinski definition) is 5. The third-order valence-electron chi connectivity index (χ3n) is 5.71. The standard InChI is InChI=1S/C22H20N4O3S/c1-22(14-8-9-14)20(28)26(21(29)25-22)12-18(27)23-15-10-6-13(7-11-15)19-24-16-4-2-3-5-17(16)30-19/h2-7,10-11,14H,8-9,12H2,1H3,(H,23,27)(H,25,29). The number of carbonyl (C=O) groups excluding carboxylic acids is 3. The molecule has 3 aromatic rings. The van der Waals surface area contributed by atoms with E-state index in [0.717, 1.165) is 38.5 Å². The van der Waals surface area contributed by atoms with Crippen LogP contribution < -0.4 is 10.6 Å². The van der Waals surface area contributed by atoms with Crippen molar-refractivity contribution in [2.75, 3.05) is 11.9 Å². The molecule has 0 bridgehead atoms. The summed E-state index contributed by atoms with van der Waals surface area (Å²) in [7, 11) is 0. The zero-order valence-electron chi connectivity index (χ0n) is 16.3. The Hall–Kier alpha value is -3.26. The SMILES string of the molecule is CC1(C2CC2)NC(=O)N(CC(=O)Nc2ccc(-c3nc4ccccc4s3)cc2)C1=O. The number of thiazole rings is 1. The van der Waals surface area contributed by atoms with Crippen LogP contribution in [0.4, 0.5) is 10.5 Å². The summed E-state index contributed by atoms with van der Waals surface area (Å²) in [6.07, 6.45) is 1.84. The topological polar surface area (TPSA) is 91.4 Å². The van der Waals surface area contributed by atoms with E-state index >= 15 is 0 Å². The smallest absolute Gasteiger partial charge is 0.325 e. The van der Waals surface area contributed by atoms with E-state index in [1.807, 2.05) is 36.4 Å². The summed E-state index contributed by atoms with van der Waals surface area (Å²) in [4.78, 5) is 42.9. The van der Waals surface area contributed by atoms with Crippen LogP contribution in [0.3, 0.4) is 0 Å². The van der Waals surface area contributed by atoms with Gasteiger partial charge in [-0.15, -0.1) is 11.3 Å². The van der Waals surface area contributed by atoms with Crippen molar-refractivity contribution in [3.8, 4) is 10.6 Å². The molecule has 1 saturated heterocycles. The fraction of sp³-hybridized carbons (Fsp3) is 0.273. The first-order chi connectivity index (χ1) is 14.4. The Morgan fingerprint density at radius 2 is 1.93 bits per heavy atom. The molecule has 1 aromatic heterocycles. The lowest BCUT2D eigenvalue weighted by Crippen LogP contribution is -2.46. The minimum absolute atomic E-state index is 0.164. The number of anilines is 1. The van der Waals surface area contributed by atoms with Crippen molar-refractivity contribution >= 4 is 45.1 Å². The van der Waals surface area contributed by atoms with Crippen molar-refractivity contribution in [3.05, 3.63) is 48.5 Å². The van der Waals surface area contributed by atoms with E-state index in [4.69, 9.17) is 0 Å². The number of para-hydroxylation sites is 1. The second-order valence-corrected chi connectivity index (χ2v) is 8.94. The number of hydrogen-bond donors (Lipinski definition) is 2. The number of benzene rings is 2. The number of imide groups is 1. The summed E-state index contributed by atoms with van der Waals surface area (Å²) in [5, 5.41) is 6.42.